The average molecular weight is 706 g/mol. The van der Waals surface area contributed by atoms with Crippen molar-refractivity contribution in [2.24, 2.45) is 23.7 Å². The molecule has 1 nitrogen and oxygen atoms in total. The summed E-state index contributed by atoms with van der Waals surface area (Å²) in [4.78, 5) is 2.58. The summed E-state index contributed by atoms with van der Waals surface area (Å²) in [6.45, 7) is 0. The van der Waals surface area contributed by atoms with Gasteiger partial charge in [0.2, 0.25) is 0 Å². The van der Waals surface area contributed by atoms with Gasteiger partial charge < -0.3 is 4.90 Å². The van der Waals surface area contributed by atoms with Gasteiger partial charge in [0.25, 0.3) is 0 Å². The summed E-state index contributed by atoms with van der Waals surface area (Å²) < 4.78 is 0. The van der Waals surface area contributed by atoms with E-state index in [1.54, 1.807) is 11.1 Å². The van der Waals surface area contributed by atoms with Crippen LogP contribution in [0, 0.1) is 23.7 Å². The van der Waals surface area contributed by atoms with E-state index in [1.807, 2.05) is 0 Å². The number of para-hydroxylation sites is 1. The van der Waals surface area contributed by atoms with Crippen LogP contribution >= 0.6 is 0 Å². The van der Waals surface area contributed by atoms with Crippen LogP contribution in [0.1, 0.15) is 43.2 Å². The normalized spacial score (nSPS) is 23.0. The molecule has 1 spiro atoms. The molecule has 8 aromatic carbocycles. The van der Waals surface area contributed by atoms with E-state index >= 15 is 0 Å². The maximum Gasteiger partial charge on any atom is 0.0543 e. The first-order chi connectivity index (χ1) is 27.3. The van der Waals surface area contributed by atoms with E-state index in [0.717, 1.165) is 23.7 Å². The summed E-state index contributed by atoms with van der Waals surface area (Å²) in [6.07, 6.45) is 7.01. The Morgan fingerprint density at radius 1 is 0.400 bits per heavy atom. The molecule has 0 unspecified atom stereocenters. The molecule has 4 saturated carbocycles. The topological polar surface area (TPSA) is 3.24 Å². The minimum atomic E-state index is 0.112. The molecule has 0 aliphatic heterocycles. The number of hydrogen-bond donors (Lipinski definition) is 0. The molecule has 0 heterocycles. The third-order valence-corrected chi connectivity index (χ3v) is 14.2. The summed E-state index contributed by atoms with van der Waals surface area (Å²) in [5.41, 5.74) is 14.8. The second-order valence-electron chi connectivity index (χ2n) is 16.9. The summed E-state index contributed by atoms with van der Waals surface area (Å²) in [7, 11) is 0. The van der Waals surface area contributed by atoms with E-state index < -0.39 is 0 Å². The fourth-order valence-electron chi connectivity index (χ4n) is 12.4. The van der Waals surface area contributed by atoms with Crippen molar-refractivity contribution in [1.29, 1.82) is 0 Å². The molecule has 13 rings (SSSR count). The van der Waals surface area contributed by atoms with Gasteiger partial charge in [-0.15, -0.1) is 0 Å². The van der Waals surface area contributed by atoms with Crippen LogP contribution in [0.15, 0.2) is 176 Å². The van der Waals surface area contributed by atoms with Gasteiger partial charge in [-0.3, -0.25) is 0 Å². The Labute approximate surface area is 323 Å². The predicted octanol–water partition coefficient (Wildman–Crippen LogP) is 14.5. The van der Waals surface area contributed by atoms with Crippen LogP contribution in [0.4, 0.5) is 17.1 Å². The number of anilines is 3. The Morgan fingerprint density at radius 2 is 0.982 bits per heavy atom. The lowest BCUT2D eigenvalue weighted by atomic mass is 9.43. The lowest BCUT2D eigenvalue weighted by molar-refractivity contribution is -0.0399. The molecule has 5 aliphatic carbocycles. The molecule has 0 radical (unpaired) electrons. The van der Waals surface area contributed by atoms with Gasteiger partial charge in [-0.1, -0.05) is 146 Å². The maximum absolute atomic E-state index is 2.58. The van der Waals surface area contributed by atoms with E-state index in [9.17, 15) is 0 Å². The smallest absolute Gasteiger partial charge is 0.0543 e. The molecule has 8 aromatic rings. The lowest BCUT2D eigenvalue weighted by Gasteiger charge is -2.61. The monoisotopic (exact) mass is 705 g/mol. The second kappa shape index (κ2) is 12.0. The van der Waals surface area contributed by atoms with Crippen molar-refractivity contribution >= 4 is 38.6 Å². The number of benzene rings is 8. The number of rotatable bonds is 5. The molecule has 0 saturated heterocycles. The SMILES string of the molecule is c1ccc(-c2ccccc2N(c2ccc(-c3cc4ccccc4c4ccccc34)cc2)c2cccc3c2-c2ccccc2C32C3CC4CC(C3)CC2C4)cc1. The van der Waals surface area contributed by atoms with Crippen LogP contribution < -0.4 is 4.90 Å². The largest absolute Gasteiger partial charge is 0.309 e. The lowest BCUT2D eigenvalue weighted by Crippen LogP contribution is -2.55. The highest BCUT2D eigenvalue weighted by Gasteiger charge is 2.61. The van der Waals surface area contributed by atoms with Crippen LogP contribution in [0.25, 0.3) is 54.9 Å². The molecule has 5 aliphatic rings. The number of hydrogen-bond acceptors (Lipinski definition) is 1. The summed E-state index contributed by atoms with van der Waals surface area (Å²) >= 11 is 0. The molecule has 1 heteroatoms. The van der Waals surface area contributed by atoms with Crippen LogP contribution in [0.2, 0.25) is 0 Å². The zero-order chi connectivity index (χ0) is 36.1. The van der Waals surface area contributed by atoms with Crippen LogP contribution in [-0.2, 0) is 5.41 Å². The van der Waals surface area contributed by atoms with Crippen molar-refractivity contribution in [2.75, 3.05) is 4.90 Å². The summed E-state index contributed by atoms with van der Waals surface area (Å²) in [6, 6.07) is 66.2. The van der Waals surface area contributed by atoms with E-state index in [2.05, 4.69) is 181 Å². The van der Waals surface area contributed by atoms with Gasteiger partial charge in [-0.2, -0.15) is 0 Å². The fraction of sp³-hybridized carbons (Fsp3) is 0.185. The molecular weight excluding hydrogens is 663 g/mol. The Kier molecular flexibility index (Phi) is 6.88. The van der Waals surface area contributed by atoms with Crippen LogP contribution in [0.5, 0.6) is 0 Å². The first-order valence-corrected chi connectivity index (χ1v) is 20.4. The fourth-order valence-corrected chi connectivity index (χ4v) is 12.4. The van der Waals surface area contributed by atoms with E-state index in [0.29, 0.717) is 0 Å². The van der Waals surface area contributed by atoms with Crippen molar-refractivity contribution in [3.8, 4) is 33.4 Å². The predicted molar refractivity (Wildman–Crippen MR) is 230 cm³/mol. The van der Waals surface area contributed by atoms with Crippen molar-refractivity contribution in [3.05, 3.63) is 187 Å². The van der Waals surface area contributed by atoms with Crippen LogP contribution in [-0.4, -0.2) is 0 Å². The molecule has 0 aromatic heterocycles. The third kappa shape index (κ3) is 4.53. The van der Waals surface area contributed by atoms with Gasteiger partial charge in [-0.25, -0.2) is 0 Å². The first kappa shape index (κ1) is 31.4. The Balaban J connectivity index is 1.08. The number of fused-ring (bicyclic) bond motifs is 6. The molecule has 0 amide bonds. The molecule has 264 valence electrons. The molecular formula is C54H43N. The van der Waals surface area contributed by atoms with Gasteiger partial charge >= 0.3 is 0 Å². The van der Waals surface area contributed by atoms with Crippen LogP contribution in [0.3, 0.4) is 0 Å². The van der Waals surface area contributed by atoms with E-state index in [4.69, 9.17) is 0 Å². The van der Waals surface area contributed by atoms with Crippen molar-refractivity contribution in [2.45, 2.75) is 37.5 Å². The standard InChI is InChI=1S/C54H43N/c1-2-13-37(14-3-1)44-17-9-11-23-51(44)55(42-27-25-38(26-28-42)48-34-39-15-4-5-16-43(39)45-18-6-7-19-46(45)48)52-24-12-22-50-53(52)47-20-8-10-21-49(47)54(50)40-30-35-29-36(32-40)33-41(54)31-35/h1-28,34-36,40-41H,29-33H2. The third-order valence-electron chi connectivity index (χ3n) is 14.2. The zero-order valence-corrected chi connectivity index (χ0v) is 31.0. The highest BCUT2D eigenvalue weighted by molar-refractivity contribution is 6.13. The van der Waals surface area contributed by atoms with Gasteiger partial charge in [0.1, 0.15) is 0 Å². The maximum atomic E-state index is 2.58. The van der Waals surface area contributed by atoms with Gasteiger partial charge in [0.05, 0.1) is 11.4 Å². The highest BCUT2D eigenvalue weighted by atomic mass is 15.1. The molecule has 0 N–H and O–H groups in total. The Hall–Kier alpha value is -5.92. The van der Waals surface area contributed by atoms with Crippen molar-refractivity contribution < 1.29 is 0 Å². The van der Waals surface area contributed by atoms with Gasteiger partial charge in [0, 0.05) is 22.2 Å². The molecule has 4 bridgehead atoms. The van der Waals surface area contributed by atoms with Crippen molar-refractivity contribution in [3.63, 3.8) is 0 Å². The molecule has 0 atom stereocenters. The molecule has 4 fully saturated rings. The summed E-state index contributed by atoms with van der Waals surface area (Å²) in [5, 5.41) is 5.17. The highest BCUT2D eigenvalue weighted by Crippen LogP contribution is 2.70. The molecule has 55 heavy (non-hydrogen) atoms. The Bertz CT molecular complexity index is 2750. The van der Waals surface area contributed by atoms with E-state index in [1.165, 1.54) is 104 Å². The minimum absolute atomic E-state index is 0.112. The zero-order valence-electron chi connectivity index (χ0n) is 31.0. The first-order valence-electron chi connectivity index (χ1n) is 20.4. The Morgan fingerprint density at radius 3 is 1.76 bits per heavy atom. The van der Waals surface area contributed by atoms with Crippen molar-refractivity contribution in [1.82, 2.24) is 0 Å². The number of nitrogens with zero attached hydrogens (tertiary/aromatic N) is 1. The van der Waals surface area contributed by atoms with Gasteiger partial charge in [-0.05, 0) is 141 Å². The van der Waals surface area contributed by atoms with E-state index in [-0.39, 0.29) is 5.41 Å². The quantitative estimate of drug-likeness (QED) is 0.161. The van der Waals surface area contributed by atoms with Gasteiger partial charge in [0.15, 0.2) is 0 Å². The summed E-state index contributed by atoms with van der Waals surface area (Å²) in [5.74, 6) is 3.28. The minimum Gasteiger partial charge on any atom is -0.309 e. The second-order valence-corrected chi connectivity index (χ2v) is 16.9. The average Bonchev–Trinajstić information content (AvgIpc) is 3.54.